The van der Waals surface area contributed by atoms with E-state index in [1.165, 1.54) is 6.07 Å². The van der Waals surface area contributed by atoms with Gasteiger partial charge in [-0.1, -0.05) is 6.07 Å². The lowest BCUT2D eigenvalue weighted by Gasteiger charge is -2.36. The lowest BCUT2D eigenvalue weighted by Crippen LogP contribution is -2.53. The number of amides is 2. The molecule has 2 aromatic heterocycles. The van der Waals surface area contributed by atoms with Gasteiger partial charge in [0.25, 0.3) is 0 Å². The maximum atomic E-state index is 14.6. The van der Waals surface area contributed by atoms with E-state index in [0.717, 1.165) is 54.0 Å². The van der Waals surface area contributed by atoms with Crippen LogP contribution in [0.25, 0.3) is 11.3 Å². The minimum Gasteiger partial charge on any atom is -0.496 e. The highest BCUT2D eigenvalue weighted by Gasteiger charge is 2.46. The molecule has 36 heavy (non-hydrogen) atoms. The molecule has 2 fully saturated rings. The fourth-order valence-electron chi connectivity index (χ4n) is 6.21. The number of urea groups is 1. The number of piperidine rings is 1. The van der Waals surface area contributed by atoms with Crippen molar-refractivity contribution in [3.63, 3.8) is 0 Å². The number of fused-ring (bicyclic) bond motifs is 3. The maximum Gasteiger partial charge on any atom is 0.317 e. The van der Waals surface area contributed by atoms with Gasteiger partial charge in [0.05, 0.1) is 19.3 Å². The molecule has 3 aliphatic rings. The third-order valence-electron chi connectivity index (χ3n) is 7.94. The number of likely N-dealkylation sites (tertiary alicyclic amines) is 1. The number of carbonyl (C=O) groups excluding carboxylic acids is 1. The van der Waals surface area contributed by atoms with Crippen molar-refractivity contribution < 1.29 is 13.9 Å². The van der Waals surface area contributed by atoms with Crippen molar-refractivity contribution in [1.82, 2.24) is 30.3 Å². The van der Waals surface area contributed by atoms with Gasteiger partial charge in [-0.3, -0.25) is 15.0 Å². The number of nitrogens with zero attached hydrogens (tertiary/aromatic N) is 4. The number of hydrogen-bond donors (Lipinski definition) is 2. The maximum absolute atomic E-state index is 14.6. The Balaban J connectivity index is 1.14. The summed E-state index contributed by atoms with van der Waals surface area (Å²) in [7, 11) is 1.57. The number of ether oxygens (including phenoxy) is 1. The first-order valence-corrected chi connectivity index (χ1v) is 12.6. The molecule has 3 unspecified atom stereocenters. The van der Waals surface area contributed by atoms with E-state index >= 15 is 0 Å². The Kier molecular flexibility index (Phi) is 5.87. The van der Waals surface area contributed by atoms with Crippen molar-refractivity contribution in [3.8, 4) is 17.0 Å². The van der Waals surface area contributed by atoms with E-state index in [-0.39, 0.29) is 23.9 Å². The van der Waals surface area contributed by atoms with Crippen LogP contribution < -0.4 is 10.1 Å². The van der Waals surface area contributed by atoms with Gasteiger partial charge in [0, 0.05) is 72.4 Å². The molecule has 4 heterocycles. The summed E-state index contributed by atoms with van der Waals surface area (Å²) in [5.74, 6) is 0.839. The number of halogens is 1. The van der Waals surface area contributed by atoms with E-state index in [1.807, 2.05) is 24.0 Å². The topological polar surface area (TPSA) is 86.4 Å². The number of nitrogens with one attached hydrogen (secondary N) is 2. The van der Waals surface area contributed by atoms with Crippen LogP contribution in [-0.4, -0.2) is 63.3 Å². The molecule has 2 bridgehead atoms. The SMILES string of the molecule is COc1cccc(F)c1CN1CC2CC(NC(=O)N3CCc4[nH]nc(-c5ccnc(C)c5)c4C3)C1C2. The number of hydrogen-bond acceptors (Lipinski definition) is 5. The van der Waals surface area contributed by atoms with Crippen molar-refractivity contribution >= 4 is 6.03 Å². The molecular weight excluding hydrogens is 459 g/mol. The number of pyridine rings is 1. The second kappa shape index (κ2) is 9.20. The van der Waals surface area contributed by atoms with E-state index in [2.05, 4.69) is 25.4 Å². The van der Waals surface area contributed by atoms with Gasteiger partial charge in [-0.2, -0.15) is 5.10 Å². The number of aromatic amines is 1. The predicted octanol–water partition coefficient (Wildman–Crippen LogP) is 3.66. The summed E-state index contributed by atoms with van der Waals surface area (Å²) in [4.78, 5) is 21.8. The zero-order valence-corrected chi connectivity index (χ0v) is 20.6. The fourth-order valence-corrected chi connectivity index (χ4v) is 6.21. The highest BCUT2D eigenvalue weighted by Crippen LogP contribution is 2.40. The smallest absolute Gasteiger partial charge is 0.317 e. The lowest BCUT2D eigenvalue weighted by molar-refractivity contribution is 0.149. The van der Waals surface area contributed by atoms with Crippen molar-refractivity contribution in [2.45, 2.75) is 51.4 Å². The van der Waals surface area contributed by atoms with Gasteiger partial charge in [0.15, 0.2) is 0 Å². The van der Waals surface area contributed by atoms with Crippen molar-refractivity contribution in [1.29, 1.82) is 0 Å². The molecule has 1 saturated heterocycles. The zero-order chi connectivity index (χ0) is 24.8. The van der Waals surface area contributed by atoms with Crippen LogP contribution >= 0.6 is 0 Å². The molecular formula is C27H31FN6O2. The average molecular weight is 491 g/mol. The number of aryl methyl sites for hydroxylation is 1. The number of benzene rings is 1. The number of carbonyl (C=O) groups is 1. The van der Waals surface area contributed by atoms with E-state index in [0.29, 0.717) is 36.9 Å². The largest absolute Gasteiger partial charge is 0.496 e. The molecule has 8 nitrogen and oxygen atoms in total. The molecule has 2 N–H and O–H groups in total. The summed E-state index contributed by atoms with van der Waals surface area (Å²) in [5.41, 5.74) is 5.58. The van der Waals surface area contributed by atoms with Gasteiger partial charge in [-0.25, -0.2) is 9.18 Å². The highest BCUT2D eigenvalue weighted by molar-refractivity contribution is 5.76. The molecule has 6 rings (SSSR count). The van der Waals surface area contributed by atoms with Gasteiger partial charge in [-0.05, 0) is 49.9 Å². The zero-order valence-electron chi connectivity index (χ0n) is 20.6. The molecule has 1 aromatic carbocycles. The summed E-state index contributed by atoms with van der Waals surface area (Å²) in [6.45, 7) is 4.53. The van der Waals surface area contributed by atoms with E-state index < -0.39 is 0 Å². The normalized spacial score (nSPS) is 23.1. The Morgan fingerprint density at radius 3 is 3.00 bits per heavy atom. The second-order valence-electron chi connectivity index (χ2n) is 10.2. The number of aromatic nitrogens is 3. The van der Waals surface area contributed by atoms with Crippen LogP contribution in [0.2, 0.25) is 0 Å². The summed E-state index contributed by atoms with van der Waals surface area (Å²) in [6, 6.07) is 9.14. The van der Waals surface area contributed by atoms with Crippen molar-refractivity contribution in [3.05, 3.63) is 64.9 Å². The summed E-state index contributed by atoms with van der Waals surface area (Å²) >= 11 is 0. The first-order chi connectivity index (χ1) is 17.5. The van der Waals surface area contributed by atoms with E-state index in [4.69, 9.17) is 4.74 Å². The van der Waals surface area contributed by atoms with Crippen LogP contribution in [-0.2, 0) is 19.5 Å². The minimum absolute atomic E-state index is 0.0420. The molecule has 1 saturated carbocycles. The first-order valence-electron chi connectivity index (χ1n) is 12.6. The fraction of sp³-hybridized carbons (Fsp3) is 0.444. The molecule has 2 aliphatic heterocycles. The van der Waals surface area contributed by atoms with Gasteiger partial charge in [0.2, 0.25) is 0 Å². The van der Waals surface area contributed by atoms with Crippen LogP contribution in [0.15, 0.2) is 36.5 Å². The third kappa shape index (κ3) is 4.11. The highest BCUT2D eigenvalue weighted by atomic mass is 19.1. The monoisotopic (exact) mass is 490 g/mol. The standard InChI is InChI=1S/C27H31FN6O2/c1-16-10-18(6-8-29-16)26-20-15-33(9-7-22(20)31-32-26)27(35)30-23-11-17-12-24(23)34(13-17)14-19-21(28)4-3-5-25(19)36-2/h3-6,8,10,17,23-24H,7,9,11-15H2,1-2H3,(H,30,35)(H,31,32). The van der Waals surface area contributed by atoms with Crippen LogP contribution in [0.5, 0.6) is 5.75 Å². The number of methoxy groups -OCH3 is 1. The Labute approximate surface area is 209 Å². The van der Waals surface area contributed by atoms with Crippen LogP contribution in [0, 0.1) is 18.7 Å². The van der Waals surface area contributed by atoms with Crippen LogP contribution in [0.4, 0.5) is 9.18 Å². The summed E-state index contributed by atoms with van der Waals surface area (Å²) in [5, 5.41) is 11.0. The molecule has 3 atom stereocenters. The number of rotatable bonds is 5. The molecule has 1 aliphatic carbocycles. The minimum atomic E-state index is -0.248. The molecule has 188 valence electrons. The first kappa shape index (κ1) is 23.0. The van der Waals surface area contributed by atoms with Gasteiger partial charge in [0.1, 0.15) is 11.6 Å². The molecule has 3 aromatic rings. The van der Waals surface area contributed by atoms with Crippen molar-refractivity contribution in [2.24, 2.45) is 5.92 Å². The Morgan fingerprint density at radius 2 is 2.19 bits per heavy atom. The summed E-state index contributed by atoms with van der Waals surface area (Å²) < 4.78 is 20.0. The van der Waals surface area contributed by atoms with Gasteiger partial charge >= 0.3 is 6.03 Å². The molecule has 2 amide bonds. The van der Waals surface area contributed by atoms with Crippen LogP contribution in [0.1, 0.15) is 35.4 Å². The second-order valence-corrected chi connectivity index (χ2v) is 10.2. The quantitative estimate of drug-likeness (QED) is 0.570. The van der Waals surface area contributed by atoms with Gasteiger partial charge in [-0.15, -0.1) is 0 Å². The Bertz CT molecular complexity index is 1290. The molecule has 0 radical (unpaired) electrons. The average Bonchev–Trinajstić information content (AvgIpc) is 3.59. The molecule has 9 heteroatoms. The predicted molar refractivity (Wildman–Crippen MR) is 133 cm³/mol. The lowest BCUT2D eigenvalue weighted by atomic mass is 10.0. The van der Waals surface area contributed by atoms with Crippen molar-refractivity contribution in [2.75, 3.05) is 20.2 Å². The van der Waals surface area contributed by atoms with E-state index in [1.54, 1.807) is 25.4 Å². The van der Waals surface area contributed by atoms with Crippen LogP contribution in [0.3, 0.4) is 0 Å². The Morgan fingerprint density at radius 1 is 1.31 bits per heavy atom. The number of H-pyrrole nitrogens is 1. The van der Waals surface area contributed by atoms with E-state index in [9.17, 15) is 9.18 Å². The Hall–Kier alpha value is -3.46. The third-order valence-corrected chi connectivity index (χ3v) is 7.94. The summed E-state index contributed by atoms with van der Waals surface area (Å²) in [6.07, 6.45) is 4.53. The molecule has 0 spiro atoms. The van der Waals surface area contributed by atoms with Gasteiger partial charge < -0.3 is 15.0 Å².